The topological polar surface area (TPSA) is 124 Å². The van der Waals surface area contributed by atoms with E-state index in [0.29, 0.717) is 33.3 Å². The highest BCUT2D eigenvalue weighted by Crippen LogP contribution is 2.45. The van der Waals surface area contributed by atoms with Gasteiger partial charge < -0.3 is 25.6 Å². The van der Waals surface area contributed by atoms with Crippen molar-refractivity contribution < 1.29 is 28.6 Å². The first-order valence-corrected chi connectivity index (χ1v) is 11.4. The summed E-state index contributed by atoms with van der Waals surface area (Å²) in [6, 6.07) is 11.7. The molecule has 2 aromatic carbocycles. The Morgan fingerprint density at radius 1 is 1.28 bits per heavy atom. The molecule has 3 aromatic rings. The van der Waals surface area contributed by atoms with Crippen LogP contribution in [0.4, 0.5) is 4.39 Å². The number of primary amides is 1. The molecule has 4 N–H and O–H groups in total. The second kappa shape index (κ2) is 9.40. The van der Waals surface area contributed by atoms with Crippen molar-refractivity contribution in [3.05, 3.63) is 76.2 Å². The number of aliphatic hydroxyl groups is 1. The van der Waals surface area contributed by atoms with Crippen LogP contribution in [0.15, 0.2) is 48.5 Å². The van der Waals surface area contributed by atoms with E-state index in [4.69, 9.17) is 26.8 Å². The molecule has 0 saturated heterocycles. The van der Waals surface area contributed by atoms with Crippen LogP contribution in [0.1, 0.15) is 35.5 Å². The minimum Gasteiger partial charge on any atom is -0.495 e. The molecule has 10 heteroatoms. The predicted molar refractivity (Wildman–Crippen MR) is 132 cm³/mol. The highest BCUT2D eigenvalue weighted by atomic mass is 35.5. The van der Waals surface area contributed by atoms with Gasteiger partial charge in [0.2, 0.25) is 5.91 Å². The van der Waals surface area contributed by atoms with E-state index in [9.17, 15) is 19.1 Å². The molecular weight excluding hydrogens is 489 g/mol. The maximum Gasteiger partial charge on any atom is 0.251 e. The van der Waals surface area contributed by atoms with Gasteiger partial charge in [0.1, 0.15) is 40.6 Å². The summed E-state index contributed by atoms with van der Waals surface area (Å²) in [4.78, 5) is 29.7. The lowest BCUT2D eigenvalue weighted by molar-refractivity contribution is -0.123. The Kier molecular flexibility index (Phi) is 6.64. The summed E-state index contributed by atoms with van der Waals surface area (Å²) >= 11 is 6.03. The molecule has 2 heterocycles. The maximum absolute atomic E-state index is 13.6. The van der Waals surface area contributed by atoms with Crippen LogP contribution in [0.2, 0.25) is 5.02 Å². The van der Waals surface area contributed by atoms with E-state index in [1.165, 1.54) is 56.5 Å². The number of fused-ring (bicyclic) bond motifs is 1. The van der Waals surface area contributed by atoms with Crippen molar-refractivity contribution in [2.24, 2.45) is 5.73 Å². The third-order valence-electron chi connectivity index (χ3n) is 6.29. The van der Waals surface area contributed by atoms with Gasteiger partial charge in [0.25, 0.3) is 5.91 Å². The highest BCUT2D eigenvalue weighted by Gasteiger charge is 2.45. The van der Waals surface area contributed by atoms with Gasteiger partial charge >= 0.3 is 0 Å². The molecule has 0 radical (unpaired) electrons. The molecule has 0 spiro atoms. The van der Waals surface area contributed by atoms with Gasteiger partial charge in [-0.15, -0.1) is 0 Å². The number of halogens is 2. The lowest BCUT2D eigenvalue weighted by Crippen LogP contribution is -2.41. The van der Waals surface area contributed by atoms with Crippen LogP contribution in [0.5, 0.6) is 11.5 Å². The van der Waals surface area contributed by atoms with E-state index in [1.807, 2.05) is 0 Å². The molecule has 1 aliphatic heterocycles. The van der Waals surface area contributed by atoms with Crippen molar-refractivity contribution in [1.29, 1.82) is 0 Å². The number of nitrogens with zero attached hydrogens (tertiary/aromatic N) is 1. The molecule has 1 aromatic heterocycles. The molecule has 8 nitrogen and oxygen atoms in total. The number of hydrogen-bond donors (Lipinski definition) is 3. The fourth-order valence-electron chi connectivity index (χ4n) is 3.91. The normalized spacial score (nSPS) is 18.1. The van der Waals surface area contributed by atoms with Crippen LogP contribution < -0.4 is 20.5 Å². The first kappa shape index (κ1) is 25.4. The quantitative estimate of drug-likeness (QED) is 0.445. The molecular formula is C26H25ClFN3O5. The lowest BCUT2D eigenvalue weighted by Gasteiger charge is -2.26. The molecule has 1 aliphatic rings. The molecule has 2 atom stereocenters. The fraction of sp³-hybridized carbons (Fsp3) is 0.269. The number of carbonyl (C=O) groups is 2. The molecule has 0 bridgehead atoms. The standard InChI is InChI=1S/C26H25ClFN3O5/c1-25(24(29)33)13-36-22-17(25)11-20(31-21(22)14-4-7-16(28)8-5-14)26(2,34)12-30-23(32)15-6-9-18(27)19(10-15)35-3/h4-11,34H,12-13H2,1-3H3,(H2,29,33)(H,30,32)/t25-,26-/m0/s1. The van der Waals surface area contributed by atoms with Crippen LogP contribution in [0, 0.1) is 5.82 Å². The number of methoxy groups -OCH3 is 1. The Labute approximate surface area is 212 Å². The zero-order chi connectivity index (χ0) is 26.3. The van der Waals surface area contributed by atoms with Crippen molar-refractivity contribution in [3.63, 3.8) is 0 Å². The number of nitrogens with two attached hydrogens (primary N) is 1. The largest absolute Gasteiger partial charge is 0.495 e. The Bertz CT molecular complexity index is 1350. The number of nitrogens with one attached hydrogen (secondary N) is 1. The first-order valence-electron chi connectivity index (χ1n) is 11.0. The molecule has 0 aliphatic carbocycles. The van der Waals surface area contributed by atoms with E-state index in [0.717, 1.165) is 0 Å². The fourth-order valence-corrected chi connectivity index (χ4v) is 4.11. The first-order chi connectivity index (χ1) is 17.0. The van der Waals surface area contributed by atoms with Crippen LogP contribution in [0.25, 0.3) is 11.3 Å². The summed E-state index contributed by atoms with van der Waals surface area (Å²) in [7, 11) is 1.44. The van der Waals surface area contributed by atoms with Crippen LogP contribution >= 0.6 is 11.6 Å². The van der Waals surface area contributed by atoms with Crippen molar-refractivity contribution >= 4 is 23.4 Å². The van der Waals surface area contributed by atoms with E-state index >= 15 is 0 Å². The molecule has 36 heavy (non-hydrogen) atoms. The van der Waals surface area contributed by atoms with Crippen molar-refractivity contribution in [2.75, 3.05) is 20.3 Å². The zero-order valence-corrected chi connectivity index (χ0v) is 20.6. The summed E-state index contributed by atoms with van der Waals surface area (Å²) in [6.07, 6.45) is 0. The summed E-state index contributed by atoms with van der Waals surface area (Å²) in [6.45, 7) is 2.91. The lowest BCUT2D eigenvalue weighted by atomic mass is 9.82. The molecule has 4 rings (SSSR count). The molecule has 0 fully saturated rings. The van der Waals surface area contributed by atoms with Gasteiger partial charge in [-0.1, -0.05) is 11.6 Å². The van der Waals surface area contributed by atoms with Gasteiger partial charge in [0, 0.05) is 16.7 Å². The van der Waals surface area contributed by atoms with Gasteiger partial charge in [0.05, 0.1) is 24.4 Å². The summed E-state index contributed by atoms with van der Waals surface area (Å²) in [5.74, 6) is -0.822. The predicted octanol–water partition coefficient (Wildman–Crippen LogP) is 3.32. The second-order valence-corrected chi connectivity index (χ2v) is 9.44. The number of amides is 2. The number of rotatable bonds is 7. The summed E-state index contributed by atoms with van der Waals surface area (Å²) in [5.41, 5.74) is 4.62. The van der Waals surface area contributed by atoms with Crippen molar-refractivity contribution in [1.82, 2.24) is 10.3 Å². The monoisotopic (exact) mass is 513 g/mol. The molecule has 188 valence electrons. The number of hydrogen-bond acceptors (Lipinski definition) is 6. The molecule has 2 amide bonds. The molecule has 0 unspecified atom stereocenters. The van der Waals surface area contributed by atoms with Gasteiger partial charge in [-0.2, -0.15) is 0 Å². The van der Waals surface area contributed by atoms with E-state index in [2.05, 4.69) is 10.3 Å². The molecule has 0 saturated carbocycles. The van der Waals surface area contributed by atoms with E-state index < -0.39 is 28.6 Å². The minimum absolute atomic E-state index is 0.00568. The average molecular weight is 514 g/mol. The van der Waals surface area contributed by atoms with E-state index in [1.54, 1.807) is 13.0 Å². The Balaban J connectivity index is 1.70. The smallest absolute Gasteiger partial charge is 0.251 e. The zero-order valence-electron chi connectivity index (χ0n) is 19.9. The number of benzene rings is 2. The average Bonchev–Trinajstić information content (AvgIpc) is 3.21. The summed E-state index contributed by atoms with van der Waals surface area (Å²) < 4.78 is 24.5. The summed E-state index contributed by atoms with van der Waals surface area (Å²) in [5, 5.41) is 14.4. The van der Waals surface area contributed by atoms with Gasteiger partial charge in [0.15, 0.2) is 0 Å². The number of aromatic nitrogens is 1. The van der Waals surface area contributed by atoms with Gasteiger partial charge in [-0.05, 0) is 62.4 Å². The number of ether oxygens (including phenoxy) is 2. The third-order valence-corrected chi connectivity index (χ3v) is 6.60. The van der Waals surface area contributed by atoms with Gasteiger partial charge in [-0.25, -0.2) is 9.37 Å². The van der Waals surface area contributed by atoms with Crippen LogP contribution in [0.3, 0.4) is 0 Å². The highest BCUT2D eigenvalue weighted by molar-refractivity contribution is 6.32. The van der Waals surface area contributed by atoms with Crippen molar-refractivity contribution in [3.8, 4) is 22.8 Å². The van der Waals surface area contributed by atoms with Gasteiger partial charge in [-0.3, -0.25) is 9.59 Å². The Morgan fingerprint density at radius 2 is 1.97 bits per heavy atom. The minimum atomic E-state index is -1.66. The second-order valence-electron chi connectivity index (χ2n) is 9.03. The number of pyridine rings is 1. The Hall–Kier alpha value is -3.69. The van der Waals surface area contributed by atoms with E-state index in [-0.39, 0.29) is 24.4 Å². The number of carbonyl (C=O) groups excluding carboxylic acids is 2. The third kappa shape index (κ3) is 4.59. The maximum atomic E-state index is 13.6. The SMILES string of the molecule is COc1cc(C(=O)NC[C@](C)(O)c2cc3c(c(-c4ccc(F)cc4)n2)OC[C@]3(C)C(N)=O)ccc1Cl. The van der Waals surface area contributed by atoms with Crippen LogP contribution in [-0.2, 0) is 15.8 Å². The van der Waals surface area contributed by atoms with Crippen LogP contribution in [-0.4, -0.2) is 42.2 Å². The van der Waals surface area contributed by atoms with Crippen molar-refractivity contribution in [2.45, 2.75) is 24.9 Å². The Morgan fingerprint density at radius 3 is 2.61 bits per heavy atom.